The lowest BCUT2D eigenvalue weighted by Gasteiger charge is -2.33. The van der Waals surface area contributed by atoms with Gasteiger partial charge in [-0.2, -0.15) is 0 Å². The summed E-state index contributed by atoms with van der Waals surface area (Å²) in [5, 5.41) is 15.3. The highest BCUT2D eigenvalue weighted by Gasteiger charge is 2.29. The number of para-hydroxylation sites is 1. The Balaban J connectivity index is 1.30. The van der Waals surface area contributed by atoms with Crippen molar-refractivity contribution in [2.75, 3.05) is 13.2 Å². The predicted molar refractivity (Wildman–Crippen MR) is 147 cm³/mol. The first-order valence-electron chi connectivity index (χ1n) is 12.9. The smallest absolute Gasteiger partial charge is 0.341 e. The zero-order chi connectivity index (χ0) is 25.8. The Labute approximate surface area is 218 Å². The Morgan fingerprint density at radius 1 is 1.05 bits per heavy atom. The third-order valence-electron chi connectivity index (χ3n) is 7.26. The standard InChI is InChI=1S/C32H33NO4/c1-21-14-15-24(18-31(21)36-20-32(34)35)29-19-25(37-30-13-6-5-11-28(29)30)16-17-33-22(2)26-12-7-9-23-8-3-4-10-27(23)26/h3-15,18,22,25,29,33H,16-17,19-20H2,1-2H3,(H,34,35)/t22-,25?,29?/m1/s1. The number of carbonyl (C=O) groups is 1. The van der Waals surface area contributed by atoms with E-state index in [4.69, 9.17) is 14.6 Å². The van der Waals surface area contributed by atoms with Gasteiger partial charge in [0.15, 0.2) is 6.61 Å². The zero-order valence-electron chi connectivity index (χ0n) is 21.3. The minimum atomic E-state index is -0.980. The molecule has 0 bridgehead atoms. The number of benzene rings is 4. The fourth-order valence-corrected chi connectivity index (χ4v) is 5.31. The Kier molecular flexibility index (Phi) is 7.42. The maximum Gasteiger partial charge on any atom is 0.341 e. The van der Waals surface area contributed by atoms with Gasteiger partial charge in [0.2, 0.25) is 0 Å². The Hall–Kier alpha value is -3.83. The molecular formula is C32H33NO4. The molecule has 1 aliphatic rings. The van der Waals surface area contributed by atoms with E-state index in [1.807, 2.05) is 37.3 Å². The summed E-state index contributed by atoms with van der Waals surface area (Å²) >= 11 is 0. The Bertz CT molecular complexity index is 1390. The molecule has 0 spiro atoms. The van der Waals surface area contributed by atoms with Gasteiger partial charge in [-0.05, 0) is 72.8 Å². The molecule has 190 valence electrons. The van der Waals surface area contributed by atoms with E-state index in [1.54, 1.807) is 0 Å². The molecule has 5 nitrogen and oxygen atoms in total. The van der Waals surface area contributed by atoms with Gasteiger partial charge in [-0.25, -0.2) is 4.79 Å². The van der Waals surface area contributed by atoms with Crippen molar-refractivity contribution >= 4 is 16.7 Å². The van der Waals surface area contributed by atoms with Crippen LogP contribution in [0, 0.1) is 6.92 Å². The molecule has 2 N–H and O–H groups in total. The van der Waals surface area contributed by atoms with E-state index in [1.165, 1.54) is 16.3 Å². The molecule has 5 heteroatoms. The van der Waals surface area contributed by atoms with Gasteiger partial charge >= 0.3 is 5.97 Å². The maximum absolute atomic E-state index is 11.0. The van der Waals surface area contributed by atoms with Crippen molar-refractivity contribution in [2.24, 2.45) is 0 Å². The van der Waals surface area contributed by atoms with Crippen LogP contribution in [0.5, 0.6) is 11.5 Å². The van der Waals surface area contributed by atoms with Crippen LogP contribution in [0.3, 0.4) is 0 Å². The van der Waals surface area contributed by atoms with E-state index in [0.29, 0.717) is 5.75 Å². The number of rotatable bonds is 9. The molecule has 3 atom stereocenters. The van der Waals surface area contributed by atoms with Crippen molar-refractivity contribution in [3.05, 3.63) is 107 Å². The molecule has 5 rings (SSSR count). The number of aryl methyl sites for hydroxylation is 1. The predicted octanol–water partition coefficient (Wildman–Crippen LogP) is 6.64. The molecular weight excluding hydrogens is 462 g/mol. The van der Waals surface area contributed by atoms with E-state index in [2.05, 4.69) is 66.8 Å². The van der Waals surface area contributed by atoms with E-state index < -0.39 is 5.97 Å². The molecule has 0 fully saturated rings. The molecule has 2 unspecified atom stereocenters. The number of ether oxygens (including phenoxy) is 2. The fourth-order valence-electron chi connectivity index (χ4n) is 5.31. The molecule has 0 amide bonds. The number of hydrogen-bond acceptors (Lipinski definition) is 4. The van der Waals surface area contributed by atoms with Gasteiger partial charge < -0.3 is 19.9 Å². The van der Waals surface area contributed by atoms with Crippen molar-refractivity contribution < 1.29 is 19.4 Å². The van der Waals surface area contributed by atoms with E-state index in [-0.39, 0.29) is 24.7 Å². The fraction of sp³-hybridized carbons (Fsp3) is 0.281. The van der Waals surface area contributed by atoms with Gasteiger partial charge in [0, 0.05) is 17.5 Å². The van der Waals surface area contributed by atoms with Crippen LogP contribution in [0.25, 0.3) is 10.8 Å². The highest BCUT2D eigenvalue weighted by atomic mass is 16.5. The SMILES string of the molecule is Cc1ccc(C2CC(CCN[C@H](C)c3cccc4ccccc34)Oc3ccccc32)cc1OCC(=O)O. The Morgan fingerprint density at radius 3 is 2.70 bits per heavy atom. The van der Waals surface area contributed by atoms with Gasteiger partial charge in [-0.3, -0.25) is 0 Å². The Morgan fingerprint density at radius 2 is 1.84 bits per heavy atom. The summed E-state index contributed by atoms with van der Waals surface area (Å²) < 4.78 is 12.0. The minimum absolute atomic E-state index is 0.0665. The molecule has 37 heavy (non-hydrogen) atoms. The molecule has 1 heterocycles. The molecule has 0 aromatic heterocycles. The molecule has 4 aromatic rings. The summed E-state index contributed by atoms with van der Waals surface area (Å²) in [6, 6.07) is 29.5. The van der Waals surface area contributed by atoms with Crippen molar-refractivity contribution in [3.8, 4) is 11.5 Å². The number of carboxylic acids is 1. The van der Waals surface area contributed by atoms with Gasteiger partial charge in [-0.15, -0.1) is 0 Å². The third kappa shape index (κ3) is 5.62. The molecule has 0 radical (unpaired) electrons. The molecule has 1 aliphatic heterocycles. The van der Waals surface area contributed by atoms with Crippen LogP contribution >= 0.6 is 0 Å². The van der Waals surface area contributed by atoms with E-state index in [0.717, 1.165) is 41.8 Å². The van der Waals surface area contributed by atoms with Crippen molar-refractivity contribution in [1.29, 1.82) is 0 Å². The normalized spacial score (nSPS) is 17.6. The largest absolute Gasteiger partial charge is 0.490 e. The summed E-state index contributed by atoms with van der Waals surface area (Å²) in [6.45, 7) is 4.64. The highest BCUT2D eigenvalue weighted by Crippen LogP contribution is 2.42. The minimum Gasteiger partial charge on any atom is -0.490 e. The number of fused-ring (bicyclic) bond motifs is 2. The molecule has 0 saturated heterocycles. The van der Waals surface area contributed by atoms with Gasteiger partial charge in [0.25, 0.3) is 0 Å². The number of carboxylic acid groups (broad SMARTS) is 1. The highest BCUT2D eigenvalue weighted by molar-refractivity contribution is 5.86. The van der Waals surface area contributed by atoms with Crippen LogP contribution in [0.4, 0.5) is 0 Å². The van der Waals surface area contributed by atoms with E-state index >= 15 is 0 Å². The van der Waals surface area contributed by atoms with Gasteiger partial charge in [0.05, 0.1) is 0 Å². The first kappa shape index (κ1) is 24.8. The summed E-state index contributed by atoms with van der Waals surface area (Å²) in [4.78, 5) is 11.0. The topological polar surface area (TPSA) is 67.8 Å². The second kappa shape index (κ2) is 11.1. The van der Waals surface area contributed by atoms with Crippen LogP contribution in [-0.2, 0) is 4.79 Å². The quantitative estimate of drug-likeness (QED) is 0.273. The van der Waals surface area contributed by atoms with Gasteiger partial charge in [0.1, 0.15) is 17.6 Å². The first-order chi connectivity index (χ1) is 18.0. The van der Waals surface area contributed by atoms with Crippen molar-refractivity contribution in [2.45, 2.75) is 44.8 Å². The molecule has 4 aromatic carbocycles. The summed E-state index contributed by atoms with van der Waals surface area (Å²) in [6.07, 6.45) is 1.80. The molecule has 0 aliphatic carbocycles. The van der Waals surface area contributed by atoms with E-state index in [9.17, 15) is 4.79 Å². The number of aliphatic carboxylic acids is 1. The van der Waals surface area contributed by atoms with Gasteiger partial charge in [-0.1, -0.05) is 72.8 Å². The lowest BCUT2D eigenvalue weighted by atomic mass is 9.83. The number of nitrogens with one attached hydrogen (secondary N) is 1. The second-order valence-corrected chi connectivity index (χ2v) is 9.81. The average Bonchev–Trinajstić information content (AvgIpc) is 2.91. The number of hydrogen-bond donors (Lipinski definition) is 2. The van der Waals surface area contributed by atoms with Crippen molar-refractivity contribution in [1.82, 2.24) is 5.32 Å². The van der Waals surface area contributed by atoms with Crippen LogP contribution in [0.15, 0.2) is 84.9 Å². The van der Waals surface area contributed by atoms with Crippen molar-refractivity contribution in [3.63, 3.8) is 0 Å². The maximum atomic E-state index is 11.0. The first-order valence-corrected chi connectivity index (χ1v) is 12.9. The van der Waals surface area contributed by atoms with Crippen LogP contribution in [-0.4, -0.2) is 30.3 Å². The summed E-state index contributed by atoms with van der Waals surface area (Å²) in [5.41, 5.74) is 4.50. The average molecular weight is 496 g/mol. The lowest BCUT2D eigenvalue weighted by molar-refractivity contribution is -0.139. The monoisotopic (exact) mass is 495 g/mol. The lowest BCUT2D eigenvalue weighted by Crippen LogP contribution is -2.31. The summed E-state index contributed by atoms with van der Waals surface area (Å²) in [7, 11) is 0. The third-order valence-corrected chi connectivity index (χ3v) is 7.26. The second-order valence-electron chi connectivity index (χ2n) is 9.81. The summed E-state index contributed by atoms with van der Waals surface area (Å²) in [5.74, 6) is 0.704. The van der Waals surface area contributed by atoms with Crippen LogP contribution in [0.2, 0.25) is 0 Å². The van der Waals surface area contributed by atoms with Crippen LogP contribution in [0.1, 0.15) is 54.0 Å². The van der Waals surface area contributed by atoms with Crippen LogP contribution < -0.4 is 14.8 Å². The zero-order valence-corrected chi connectivity index (χ0v) is 21.3. The molecule has 0 saturated carbocycles.